The van der Waals surface area contributed by atoms with Crippen LogP contribution in [0, 0.1) is 0 Å². The molecule has 70 heavy (non-hydrogen) atoms. The number of imidazole rings is 2. The molecule has 0 aliphatic heterocycles. The number of aromatic hydroxyl groups is 1. The van der Waals surface area contributed by atoms with Crippen molar-refractivity contribution in [1.82, 2.24) is 18.9 Å². The van der Waals surface area contributed by atoms with Gasteiger partial charge in [0.1, 0.15) is 28.4 Å². The Bertz CT molecular complexity index is 4060. The van der Waals surface area contributed by atoms with E-state index in [1.165, 1.54) is 22.3 Å². The summed E-state index contributed by atoms with van der Waals surface area (Å²) in [6.45, 7) is 22.4. The lowest BCUT2D eigenvalue weighted by molar-refractivity contribution is 0.446. The third kappa shape index (κ3) is 6.60. The van der Waals surface area contributed by atoms with Crippen molar-refractivity contribution in [3.63, 3.8) is 0 Å². The summed E-state index contributed by atoms with van der Waals surface area (Å²) < 4.78 is 11.1. The minimum atomic E-state index is -0.338. The second-order valence-corrected chi connectivity index (χ2v) is 22.0. The van der Waals surface area contributed by atoms with Crippen LogP contribution in [-0.4, -0.2) is 24.0 Å². The van der Waals surface area contributed by atoms with Crippen molar-refractivity contribution >= 4 is 71.3 Å². The third-order valence-electron chi connectivity index (χ3n) is 14.6. The van der Waals surface area contributed by atoms with Crippen LogP contribution < -0.4 is 0 Å². The first-order valence-electron chi connectivity index (χ1n) is 24.8. The van der Waals surface area contributed by atoms with E-state index in [0.29, 0.717) is 5.82 Å². The van der Waals surface area contributed by atoms with Gasteiger partial charge in [-0.25, -0.2) is 9.97 Å². The molecule has 0 spiro atoms. The van der Waals surface area contributed by atoms with E-state index in [2.05, 4.69) is 218 Å². The van der Waals surface area contributed by atoms with Crippen molar-refractivity contribution in [2.24, 2.45) is 0 Å². The van der Waals surface area contributed by atoms with Crippen LogP contribution in [0.2, 0.25) is 0 Å². The number of fused-ring (bicyclic) bond motifs is 13. The van der Waals surface area contributed by atoms with Crippen LogP contribution >= 0.6 is 0 Å². The average Bonchev–Trinajstić information content (AvgIpc) is 4.05. The normalized spacial score (nSPS) is 12.7. The zero-order valence-corrected chi connectivity index (χ0v) is 41.7. The number of nitrogens with zero attached hydrogens (tertiary/aromatic N) is 4. The summed E-state index contributed by atoms with van der Waals surface area (Å²) in [7, 11) is 0. The van der Waals surface area contributed by atoms with Crippen molar-refractivity contribution < 1.29 is 9.52 Å². The standard InChI is InChI=1S/C64H58N4O2/c1-36(2)46-32-39(38-20-12-11-13-21-38)33-47(37(3)4)59(46)68-52-28-19-25-42(58(52)66-62(68)48-34-40(63(5,6)7)35-49(60(48)69)64(8,9)10)41-24-18-27-51-57(41)65-61-45-30-31-54-56(44-23-15-17-29-53(44)70-54)55(45)43-22-14-16-26-50(43)67(51)61/h11-37,69H,1-10H3. The minimum Gasteiger partial charge on any atom is -0.507 e. The van der Waals surface area contributed by atoms with Crippen LogP contribution in [0.5, 0.6) is 5.75 Å². The summed E-state index contributed by atoms with van der Waals surface area (Å²) in [5, 5.41) is 18.3. The van der Waals surface area contributed by atoms with Gasteiger partial charge in [0.15, 0.2) is 0 Å². The topological polar surface area (TPSA) is 68.5 Å². The maximum Gasteiger partial charge on any atom is 0.149 e. The molecule has 0 fully saturated rings. The van der Waals surface area contributed by atoms with Gasteiger partial charge in [-0.05, 0) is 105 Å². The van der Waals surface area contributed by atoms with E-state index < -0.39 is 0 Å². The Morgan fingerprint density at radius 2 is 1.11 bits per heavy atom. The number of phenolic OH excluding ortho intramolecular Hbond substituents is 1. The Morgan fingerprint density at radius 3 is 1.79 bits per heavy atom. The lowest BCUT2D eigenvalue weighted by atomic mass is 9.78. The highest BCUT2D eigenvalue weighted by atomic mass is 16.3. The molecular weight excluding hydrogens is 857 g/mol. The van der Waals surface area contributed by atoms with Crippen molar-refractivity contribution in [3.8, 4) is 45.1 Å². The fraction of sp³-hybridized carbons (Fsp3) is 0.219. The van der Waals surface area contributed by atoms with Crippen molar-refractivity contribution in [2.45, 2.75) is 91.9 Å². The number of furan rings is 1. The van der Waals surface area contributed by atoms with E-state index in [4.69, 9.17) is 14.4 Å². The molecule has 0 aliphatic carbocycles. The molecular formula is C64H58N4O2. The summed E-state index contributed by atoms with van der Waals surface area (Å²) in [5.74, 6) is 1.31. The fourth-order valence-electron chi connectivity index (χ4n) is 11.1. The van der Waals surface area contributed by atoms with Crippen LogP contribution in [-0.2, 0) is 10.8 Å². The molecule has 346 valence electrons. The molecule has 0 saturated heterocycles. The maximum atomic E-state index is 12.7. The number of rotatable bonds is 6. The van der Waals surface area contributed by atoms with Gasteiger partial charge in [0, 0.05) is 43.6 Å². The lowest BCUT2D eigenvalue weighted by Crippen LogP contribution is -2.17. The molecule has 0 amide bonds. The van der Waals surface area contributed by atoms with Crippen LogP contribution in [0.1, 0.15) is 103 Å². The third-order valence-corrected chi connectivity index (χ3v) is 14.6. The van der Waals surface area contributed by atoms with Crippen molar-refractivity contribution in [1.29, 1.82) is 0 Å². The minimum absolute atomic E-state index is 0.168. The van der Waals surface area contributed by atoms with Crippen LogP contribution in [0.25, 0.3) is 111 Å². The molecule has 12 rings (SSSR count). The van der Waals surface area contributed by atoms with E-state index in [1.807, 2.05) is 12.1 Å². The first-order chi connectivity index (χ1) is 33.6. The zero-order chi connectivity index (χ0) is 48.5. The van der Waals surface area contributed by atoms with Gasteiger partial charge in [-0.1, -0.05) is 166 Å². The van der Waals surface area contributed by atoms with Crippen molar-refractivity contribution in [3.05, 3.63) is 174 Å². The number of hydrogen-bond acceptors (Lipinski definition) is 4. The first-order valence-corrected chi connectivity index (χ1v) is 24.8. The molecule has 0 aliphatic rings. The summed E-state index contributed by atoms with van der Waals surface area (Å²) >= 11 is 0. The lowest BCUT2D eigenvalue weighted by Gasteiger charge is -2.28. The largest absolute Gasteiger partial charge is 0.507 e. The van der Waals surface area contributed by atoms with E-state index in [9.17, 15) is 5.11 Å². The maximum absolute atomic E-state index is 12.7. The number of hydrogen-bond donors (Lipinski definition) is 1. The highest BCUT2D eigenvalue weighted by molar-refractivity contribution is 6.29. The molecule has 0 unspecified atom stereocenters. The predicted octanol–water partition coefficient (Wildman–Crippen LogP) is 17.6. The molecule has 4 aromatic heterocycles. The highest BCUT2D eigenvalue weighted by Crippen LogP contribution is 2.48. The Morgan fingerprint density at radius 1 is 0.500 bits per heavy atom. The number of para-hydroxylation sites is 4. The van der Waals surface area contributed by atoms with Crippen LogP contribution in [0.3, 0.4) is 0 Å². The summed E-state index contributed by atoms with van der Waals surface area (Å²) in [4.78, 5) is 11.5. The Balaban J connectivity index is 1.21. The van der Waals surface area contributed by atoms with Crippen molar-refractivity contribution in [2.75, 3.05) is 0 Å². The molecule has 12 aromatic rings. The molecule has 6 heteroatoms. The van der Waals surface area contributed by atoms with Gasteiger partial charge in [0.2, 0.25) is 0 Å². The Labute approximate surface area is 408 Å². The monoisotopic (exact) mass is 914 g/mol. The van der Waals surface area contributed by atoms with Gasteiger partial charge < -0.3 is 9.52 Å². The summed E-state index contributed by atoms with van der Waals surface area (Å²) in [6.07, 6.45) is 0. The molecule has 0 atom stereocenters. The van der Waals surface area contributed by atoms with Crippen LogP contribution in [0.15, 0.2) is 156 Å². The molecule has 6 nitrogen and oxygen atoms in total. The van der Waals surface area contributed by atoms with Gasteiger partial charge in [-0.3, -0.25) is 8.97 Å². The quantitative estimate of drug-likeness (QED) is 0.169. The molecule has 0 radical (unpaired) electrons. The second-order valence-electron chi connectivity index (χ2n) is 22.0. The van der Waals surface area contributed by atoms with Gasteiger partial charge in [0.25, 0.3) is 0 Å². The zero-order valence-electron chi connectivity index (χ0n) is 41.7. The number of phenols is 1. The Hall–Kier alpha value is -7.70. The van der Waals surface area contributed by atoms with Gasteiger partial charge in [-0.2, -0.15) is 0 Å². The molecule has 4 heterocycles. The van der Waals surface area contributed by atoms with Crippen LogP contribution in [0.4, 0.5) is 0 Å². The molecule has 0 saturated carbocycles. The van der Waals surface area contributed by atoms with E-state index in [-0.39, 0.29) is 28.4 Å². The average molecular weight is 915 g/mol. The predicted molar refractivity (Wildman–Crippen MR) is 293 cm³/mol. The highest BCUT2D eigenvalue weighted by Gasteiger charge is 2.31. The second kappa shape index (κ2) is 15.7. The first kappa shape index (κ1) is 43.6. The number of aromatic nitrogens is 4. The fourth-order valence-corrected chi connectivity index (χ4v) is 11.1. The van der Waals surface area contributed by atoms with E-state index in [1.54, 1.807) is 0 Å². The van der Waals surface area contributed by atoms with E-state index >= 15 is 0 Å². The SMILES string of the molecule is CC(C)c1cc(-c2ccccc2)cc(C(C)C)c1-n1c(-c2cc(C(C)(C)C)cc(C(C)(C)C)c2O)nc2c(-c3cccc4c3nc3c5ccc6oc7ccccc7c6c5c5ccccc5n43)cccc21. The molecule has 0 bridgehead atoms. The molecule has 8 aromatic carbocycles. The smallest absolute Gasteiger partial charge is 0.149 e. The summed E-state index contributed by atoms with van der Waals surface area (Å²) in [6, 6.07) is 54.2. The van der Waals surface area contributed by atoms with Gasteiger partial charge >= 0.3 is 0 Å². The number of pyridine rings is 1. The van der Waals surface area contributed by atoms with Gasteiger partial charge in [0.05, 0.1) is 38.8 Å². The Kier molecular flexibility index (Phi) is 9.75. The summed E-state index contributed by atoms with van der Waals surface area (Å²) in [5.41, 5.74) is 17.6. The molecule has 1 N–H and O–H groups in total. The van der Waals surface area contributed by atoms with Gasteiger partial charge in [-0.15, -0.1) is 0 Å². The van der Waals surface area contributed by atoms with E-state index in [0.717, 1.165) is 105 Å². The number of benzene rings is 8.